The summed E-state index contributed by atoms with van der Waals surface area (Å²) in [5.74, 6) is -0.928. The van der Waals surface area contributed by atoms with Crippen molar-refractivity contribution in [2.24, 2.45) is 0 Å². The normalized spacial score (nSPS) is 12.3. The Labute approximate surface area is 126 Å². The van der Waals surface area contributed by atoms with Gasteiger partial charge in [0, 0.05) is 17.5 Å². The fourth-order valence-corrected chi connectivity index (χ4v) is 2.24. The summed E-state index contributed by atoms with van der Waals surface area (Å²) >= 11 is 6.13. The molecule has 6 heteroatoms. The molecule has 0 aliphatic carbocycles. The monoisotopic (exact) mass is 310 g/mol. The predicted molar refractivity (Wildman–Crippen MR) is 79.2 cm³/mol. The summed E-state index contributed by atoms with van der Waals surface area (Å²) in [5.41, 5.74) is 0.733. The zero-order chi connectivity index (χ0) is 15.6. The van der Waals surface area contributed by atoms with E-state index in [0.29, 0.717) is 5.58 Å². The number of rotatable bonds is 5. The van der Waals surface area contributed by atoms with Gasteiger partial charge in [-0.05, 0) is 25.0 Å². The average molecular weight is 311 g/mol. The molecule has 1 aromatic carbocycles. The molecule has 0 saturated carbocycles. The molecule has 21 heavy (non-hydrogen) atoms. The number of aliphatic carboxylic acids is 1. The largest absolute Gasteiger partial charge is 0.479 e. The molecule has 1 aromatic heterocycles. The fourth-order valence-electron chi connectivity index (χ4n) is 2.04. The standard InChI is InChI=1S/C15H15ClO5/c1-3-4-9-5-14(17)21-12-7-13(11(16)6-10(9)12)20-8(2)15(18)19/h5-8H,3-4H2,1-2H3,(H,18,19)/t8-/m1/s1. The van der Waals surface area contributed by atoms with Crippen LogP contribution in [0.2, 0.25) is 5.02 Å². The Hall–Kier alpha value is -2.01. The Kier molecular flexibility index (Phi) is 4.53. The molecule has 2 aromatic rings. The molecule has 1 atom stereocenters. The number of ether oxygens (including phenoxy) is 1. The molecular formula is C15H15ClO5. The third-order valence-corrected chi connectivity index (χ3v) is 3.35. The highest BCUT2D eigenvalue weighted by Crippen LogP contribution is 2.32. The zero-order valence-electron chi connectivity index (χ0n) is 11.7. The maximum Gasteiger partial charge on any atom is 0.344 e. The Balaban J connectivity index is 2.54. The molecule has 1 heterocycles. The fraction of sp³-hybridized carbons (Fsp3) is 0.333. The van der Waals surface area contributed by atoms with Crippen LogP contribution in [0, 0.1) is 0 Å². The molecule has 1 N–H and O–H groups in total. The minimum absolute atomic E-state index is 0.177. The molecule has 5 nitrogen and oxygen atoms in total. The van der Waals surface area contributed by atoms with Crippen molar-refractivity contribution in [2.75, 3.05) is 0 Å². The molecule has 0 aliphatic rings. The first-order valence-corrected chi connectivity index (χ1v) is 6.96. The van der Waals surface area contributed by atoms with Gasteiger partial charge in [0.25, 0.3) is 0 Å². The van der Waals surface area contributed by atoms with Gasteiger partial charge in [-0.1, -0.05) is 24.9 Å². The van der Waals surface area contributed by atoms with E-state index in [4.69, 9.17) is 25.9 Å². The van der Waals surface area contributed by atoms with Crippen LogP contribution in [-0.2, 0) is 11.2 Å². The van der Waals surface area contributed by atoms with Gasteiger partial charge in [-0.2, -0.15) is 0 Å². The van der Waals surface area contributed by atoms with Crippen molar-refractivity contribution in [3.8, 4) is 5.75 Å². The molecule has 0 fully saturated rings. The van der Waals surface area contributed by atoms with Crippen molar-refractivity contribution in [2.45, 2.75) is 32.8 Å². The number of carbonyl (C=O) groups is 1. The Bertz CT molecular complexity index is 735. The number of carboxylic acid groups (broad SMARTS) is 1. The van der Waals surface area contributed by atoms with Crippen molar-refractivity contribution in [3.63, 3.8) is 0 Å². The van der Waals surface area contributed by atoms with E-state index in [9.17, 15) is 9.59 Å². The number of halogens is 1. The summed E-state index contributed by atoms with van der Waals surface area (Å²) in [6.07, 6.45) is 0.555. The van der Waals surface area contributed by atoms with Gasteiger partial charge in [-0.3, -0.25) is 0 Å². The lowest BCUT2D eigenvalue weighted by Crippen LogP contribution is -2.23. The van der Waals surface area contributed by atoms with E-state index in [-0.39, 0.29) is 10.8 Å². The van der Waals surface area contributed by atoms with Crippen LogP contribution < -0.4 is 10.4 Å². The maximum absolute atomic E-state index is 11.6. The minimum atomic E-state index is -1.10. The Morgan fingerprint density at radius 1 is 1.43 bits per heavy atom. The van der Waals surface area contributed by atoms with E-state index in [1.165, 1.54) is 19.1 Å². The lowest BCUT2D eigenvalue weighted by molar-refractivity contribution is -0.144. The first-order chi connectivity index (χ1) is 9.92. The summed E-state index contributed by atoms with van der Waals surface area (Å²) in [7, 11) is 0. The van der Waals surface area contributed by atoms with Crippen LogP contribution in [0.15, 0.2) is 27.4 Å². The van der Waals surface area contributed by atoms with Crippen molar-refractivity contribution in [3.05, 3.63) is 39.2 Å². The maximum atomic E-state index is 11.6. The predicted octanol–water partition coefficient (Wildman–Crippen LogP) is 3.25. The highest BCUT2D eigenvalue weighted by Gasteiger charge is 2.16. The molecule has 0 unspecified atom stereocenters. The van der Waals surface area contributed by atoms with Crippen LogP contribution in [0.4, 0.5) is 0 Å². The molecule has 0 aliphatic heterocycles. The van der Waals surface area contributed by atoms with Crippen LogP contribution in [0.25, 0.3) is 11.0 Å². The number of benzene rings is 1. The van der Waals surface area contributed by atoms with Gasteiger partial charge < -0.3 is 14.3 Å². The third kappa shape index (κ3) is 3.36. The van der Waals surface area contributed by atoms with E-state index in [1.807, 2.05) is 6.92 Å². The molecule has 2 rings (SSSR count). The first-order valence-electron chi connectivity index (χ1n) is 6.58. The molecule has 0 saturated heterocycles. The number of hydrogen-bond acceptors (Lipinski definition) is 4. The zero-order valence-corrected chi connectivity index (χ0v) is 12.4. The van der Waals surface area contributed by atoms with Gasteiger partial charge >= 0.3 is 11.6 Å². The summed E-state index contributed by atoms with van der Waals surface area (Å²) < 4.78 is 10.4. The SMILES string of the molecule is CCCc1cc(=O)oc2cc(O[C@H](C)C(=O)O)c(Cl)cc12. The summed E-state index contributed by atoms with van der Waals surface area (Å²) in [4.78, 5) is 22.4. The number of aryl methyl sites for hydroxylation is 1. The number of hydrogen-bond donors (Lipinski definition) is 1. The lowest BCUT2D eigenvalue weighted by atomic mass is 10.1. The van der Waals surface area contributed by atoms with Gasteiger partial charge in [-0.25, -0.2) is 9.59 Å². The minimum Gasteiger partial charge on any atom is -0.479 e. The van der Waals surface area contributed by atoms with Crippen LogP contribution in [0.3, 0.4) is 0 Å². The summed E-state index contributed by atoms with van der Waals surface area (Å²) in [6, 6.07) is 4.54. The van der Waals surface area contributed by atoms with Gasteiger partial charge in [0.15, 0.2) is 6.10 Å². The second-order valence-corrected chi connectivity index (χ2v) is 5.12. The Morgan fingerprint density at radius 3 is 2.76 bits per heavy atom. The second-order valence-electron chi connectivity index (χ2n) is 4.72. The molecule has 112 valence electrons. The smallest absolute Gasteiger partial charge is 0.344 e. The van der Waals surface area contributed by atoms with E-state index in [0.717, 1.165) is 23.8 Å². The van der Waals surface area contributed by atoms with Crippen molar-refractivity contribution in [1.82, 2.24) is 0 Å². The molecule has 0 bridgehead atoms. The quantitative estimate of drug-likeness (QED) is 0.858. The highest BCUT2D eigenvalue weighted by molar-refractivity contribution is 6.32. The van der Waals surface area contributed by atoms with Gasteiger partial charge in [0.05, 0.1) is 5.02 Å². The molecule has 0 spiro atoms. The summed E-state index contributed by atoms with van der Waals surface area (Å²) in [6.45, 7) is 3.40. The van der Waals surface area contributed by atoms with Crippen molar-refractivity contribution >= 4 is 28.5 Å². The van der Waals surface area contributed by atoms with Gasteiger partial charge in [-0.15, -0.1) is 0 Å². The van der Waals surface area contributed by atoms with E-state index < -0.39 is 17.7 Å². The van der Waals surface area contributed by atoms with E-state index >= 15 is 0 Å². The first kappa shape index (κ1) is 15.4. The Morgan fingerprint density at radius 2 is 2.14 bits per heavy atom. The summed E-state index contributed by atoms with van der Waals surface area (Å²) in [5, 5.41) is 9.88. The highest BCUT2D eigenvalue weighted by atomic mass is 35.5. The molecular weight excluding hydrogens is 296 g/mol. The van der Waals surface area contributed by atoms with Crippen LogP contribution in [0.5, 0.6) is 5.75 Å². The van der Waals surface area contributed by atoms with E-state index in [1.54, 1.807) is 6.07 Å². The number of carboxylic acids is 1. The van der Waals surface area contributed by atoms with Crippen LogP contribution in [-0.4, -0.2) is 17.2 Å². The van der Waals surface area contributed by atoms with Crippen LogP contribution >= 0.6 is 11.6 Å². The van der Waals surface area contributed by atoms with E-state index in [2.05, 4.69) is 0 Å². The van der Waals surface area contributed by atoms with Crippen molar-refractivity contribution in [1.29, 1.82) is 0 Å². The average Bonchev–Trinajstić information content (AvgIpc) is 2.40. The third-order valence-electron chi connectivity index (χ3n) is 3.05. The molecule has 0 radical (unpaired) electrons. The lowest BCUT2D eigenvalue weighted by Gasteiger charge is -2.13. The van der Waals surface area contributed by atoms with Gasteiger partial charge in [0.2, 0.25) is 0 Å². The topological polar surface area (TPSA) is 76.7 Å². The van der Waals surface area contributed by atoms with Crippen LogP contribution in [0.1, 0.15) is 25.8 Å². The molecule has 0 amide bonds. The number of fused-ring (bicyclic) bond motifs is 1. The van der Waals surface area contributed by atoms with Gasteiger partial charge in [0.1, 0.15) is 11.3 Å². The second kappa shape index (κ2) is 6.18. The van der Waals surface area contributed by atoms with Crippen molar-refractivity contribution < 1.29 is 19.1 Å².